The summed E-state index contributed by atoms with van der Waals surface area (Å²) in [4.78, 5) is 16.6. The lowest BCUT2D eigenvalue weighted by molar-refractivity contribution is -0.133. The van der Waals surface area contributed by atoms with Gasteiger partial charge in [0, 0.05) is 43.9 Å². The summed E-state index contributed by atoms with van der Waals surface area (Å²) in [5.74, 6) is 1.35. The standard InChI is InChI=1S/C14H29N3OS/c1-12(11-19-3)16(2)13(10-15)9-14(18)17-7-5-4-6-8-17/h12-13H,4-11,15H2,1-3H3. The molecule has 1 aliphatic heterocycles. The lowest BCUT2D eigenvalue weighted by Crippen LogP contribution is -2.47. The summed E-state index contributed by atoms with van der Waals surface area (Å²) in [5.41, 5.74) is 5.87. The van der Waals surface area contributed by atoms with Gasteiger partial charge in [-0.25, -0.2) is 0 Å². The number of carbonyl (C=O) groups is 1. The molecule has 19 heavy (non-hydrogen) atoms. The molecule has 0 aromatic heterocycles. The Balaban J connectivity index is 2.47. The van der Waals surface area contributed by atoms with E-state index in [1.54, 1.807) is 0 Å². The Hall–Kier alpha value is -0.260. The fourth-order valence-corrected chi connectivity index (χ4v) is 3.30. The van der Waals surface area contributed by atoms with E-state index in [4.69, 9.17) is 5.73 Å². The molecule has 0 aromatic rings. The first kappa shape index (κ1) is 16.8. The van der Waals surface area contributed by atoms with Crippen LogP contribution in [0.2, 0.25) is 0 Å². The molecule has 5 heteroatoms. The fourth-order valence-electron chi connectivity index (χ4n) is 2.59. The Labute approximate surface area is 122 Å². The Morgan fingerprint density at radius 3 is 2.53 bits per heavy atom. The van der Waals surface area contributed by atoms with Gasteiger partial charge in [0.05, 0.1) is 0 Å². The van der Waals surface area contributed by atoms with Crippen molar-refractivity contribution in [3.05, 3.63) is 0 Å². The van der Waals surface area contributed by atoms with Crippen LogP contribution >= 0.6 is 11.8 Å². The van der Waals surface area contributed by atoms with E-state index in [1.165, 1.54) is 6.42 Å². The van der Waals surface area contributed by atoms with Crippen molar-refractivity contribution in [3.63, 3.8) is 0 Å². The van der Waals surface area contributed by atoms with Gasteiger partial charge in [-0.2, -0.15) is 11.8 Å². The number of hydrogen-bond donors (Lipinski definition) is 1. The van der Waals surface area contributed by atoms with Crippen LogP contribution in [0, 0.1) is 0 Å². The molecule has 1 saturated heterocycles. The number of carbonyl (C=O) groups excluding carboxylic acids is 1. The molecule has 0 spiro atoms. The van der Waals surface area contributed by atoms with Crippen LogP contribution in [0.1, 0.15) is 32.6 Å². The molecule has 4 nitrogen and oxygen atoms in total. The first-order valence-electron chi connectivity index (χ1n) is 7.28. The van der Waals surface area contributed by atoms with Crippen molar-refractivity contribution in [3.8, 4) is 0 Å². The number of hydrogen-bond acceptors (Lipinski definition) is 4. The third-order valence-corrected chi connectivity index (χ3v) is 4.89. The summed E-state index contributed by atoms with van der Waals surface area (Å²) in [6, 6.07) is 0.620. The van der Waals surface area contributed by atoms with E-state index in [1.807, 2.05) is 16.7 Å². The van der Waals surface area contributed by atoms with Gasteiger partial charge in [-0.05, 0) is 39.5 Å². The molecular weight excluding hydrogens is 258 g/mol. The quantitative estimate of drug-likeness (QED) is 0.769. The van der Waals surface area contributed by atoms with Gasteiger partial charge in [0.15, 0.2) is 0 Å². The maximum absolute atomic E-state index is 12.3. The number of nitrogens with zero attached hydrogens (tertiary/aromatic N) is 2. The normalized spacial score (nSPS) is 19.5. The predicted molar refractivity (Wildman–Crippen MR) is 83.5 cm³/mol. The molecule has 1 rings (SSSR count). The minimum atomic E-state index is 0.163. The Morgan fingerprint density at radius 2 is 2.00 bits per heavy atom. The van der Waals surface area contributed by atoms with Crippen LogP contribution in [-0.4, -0.2) is 66.5 Å². The molecular formula is C14H29N3OS. The molecule has 1 heterocycles. The van der Waals surface area contributed by atoms with Gasteiger partial charge in [-0.3, -0.25) is 9.69 Å². The molecule has 1 fully saturated rings. The lowest BCUT2D eigenvalue weighted by atomic mass is 10.1. The predicted octanol–water partition coefficient (Wildman–Crippen LogP) is 1.40. The molecule has 112 valence electrons. The van der Waals surface area contributed by atoms with Gasteiger partial charge in [0.2, 0.25) is 5.91 Å². The van der Waals surface area contributed by atoms with Gasteiger partial charge >= 0.3 is 0 Å². The van der Waals surface area contributed by atoms with E-state index < -0.39 is 0 Å². The van der Waals surface area contributed by atoms with Crippen LogP contribution in [-0.2, 0) is 4.79 Å². The van der Waals surface area contributed by atoms with E-state index in [0.717, 1.165) is 31.7 Å². The van der Waals surface area contributed by atoms with Gasteiger partial charge < -0.3 is 10.6 Å². The monoisotopic (exact) mass is 287 g/mol. The largest absolute Gasteiger partial charge is 0.343 e. The van der Waals surface area contributed by atoms with Gasteiger partial charge in [0.1, 0.15) is 0 Å². The molecule has 2 N–H and O–H groups in total. The number of piperidine rings is 1. The number of nitrogens with two attached hydrogens (primary N) is 1. The van der Waals surface area contributed by atoms with Gasteiger partial charge in [0.25, 0.3) is 0 Å². The van der Waals surface area contributed by atoms with E-state index in [2.05, 4.69) is 25.1 Å². The summed E-state index contributed by atoms with van der Waals surface area (Å²) in [5, 5.41) is 0. The van der Waals surface area contributed by atoms with Crippen LogP contribution in [0.25, 0.3) is 0 Å². The lowest BCUT2D eigenvalue weighted by Gasteiger charge is -2.34. The third kappa shape index (κ3) is 5.32. The molecule has 0 saturated carbocycles. The summed E-state index contributed by atoms with van der Waals surface area (Å²) < 4.78 is 0. The summed E-state index contributed by atoms with van der Waals surface area (Å²) in [6.45, 7) is 4.61. The molecule has 2 unspecified atom stereocenters. The van der Waals surface area contributed by atoms with Crippen molar-refractivity contribution in [1.82, 2.24) is 9.80 Å². The van der Waals surface area contributed by atoms with Crippen LogP contribution in [0.15, 0.2) is 0 Å². The average Bonchev–Trinajstić information content (AvgIpc) is 2.45. The van der Waals surface area contributed by atoms with Crippen LogP contribution < -0.4 is 5.73 Å². The van der Waals surface area contributed by atoms with Crippen molar-refractivity contribution >= 4 is 17.7 Å². The van der Waals surface area contributed by atoms with Crippen molar-refractivity contribution < 1.29 is 4.79 Å². The molecule has 2 atom stereocenters. The first-order chi connectivity index (χ1) is 9.10. The number of thioether (sulfide) groups is 1. The van der Waals surface area contributed by atoms with E-state index in [0.29, 0.717) is 19.0 Å². The first-order valence-corrected chi connectivity index (χ1v) is 8.68. The molecule has 1 aliphatic rings. The zero-order valence-electron chi connectivity index (χ0n) is 12.6. The van der Waals surface area contributed by atoms with E-state index in [-0.39, 0.29) is 11.9 Å². The fraction of sp³-hybridized carbons (Fsp3) is 0.929. The average molecular weight is 287 g/mol. The number of likely N-dealkylation sites (N-methyl/N-ethyl adjacent to an activating group) is 1. The summed E-state index contributed by atoms with van der Waals surface area (Å²) in [7, 11) is 2.09. The molecule has 0 radical (unpaired) electrons. The zero-order chi connectivity index (χ0) is 14.3. The highest BCUT2D eigenvalue weighted by Crippen LogP contribution is 2.14. The molecule has 0 aromatic carbocycles. The van der Waals surface area contributed by atoms with Crippen molar-refractivity contribution in [2.45, 2.75) is 44.7 Å². The maximum atomic E-state index is 12.3. The van der Waals surface area contributed by atoms with Crippen molar-refractivity contribution in [2.75, 3.05) is 38.7 Å². The topological polar surface area (TPSA) is 49.6 Å². The highest BCUT2D eigenvalue weighted by molar-refractivity contribution is 7.98. The van der Waals surface area contributed by atoms with Crippen LogP contribution in [0.3, 0.4) is 0 Å². The smallest absolute Gasteiger partial charge is 0.224 e. The second-order valence-corrected chi connectivity index (χ2v) is 6.42. The number of likely N-dealkylation sites (tertiary alicyclic amines) is 1. The van der Waals surface area contributed by atoms with E-state index in [9.17, 15) is 4.79 Å². The minimum absolute atomic E-state index is 0.163. The summed E-state index contributed by atoms with van der Waals surface area (Å²) in [6.07, 6.45) is 6.23. The van der Waals surface area contributed by atoms with Crippen LogP contribution in [0.4, 0.5) is 0 Å². The van der Waals surface area contributed by atoms with Crippen LogP contribution in [0.5, 0.6) is 0 Å². The second-order valence-electron chi connectivity index (χ2n) is 5.50. The number of rotatable bonds is 7. The molecule has 1 amide bonds. The highest BCUT2D eigenvalue weighted by atomic mass is 32.2. The van der Waals surface area contributed by atoms with Gasteiger partial charge in [-0.1, -0.05) is 0 Å². The van der Waals surface area contributed by atoms with Crippen molar-refractivity contribution in [1.29, 1.82) is 0 Å². The minimum Gasteiger partial charge on any atom is -0.343 e. The van der Waals surface area contributed by atoms with Gasteiger partial charge in [-0.15, -0.1) is 0 Å². The Bertz CT molecular complexity index is 269. The zero-order valence-corrected chi connectivity index (χ0v) is 13.4. The third-order valence-electron chi connectivity index (χ3n) is 4.07. The highest BCUT2D eigenvalue weighted by Gasteiger charge is 2.24. The van der Waals surface area contributed by atoms with Crippen molar-refractivity contribution in [2.24, 2.45) is 5.73 Å². The Kier molecular flexibility index (Phi) is 7.80. The molecule has 0 aliphatic carbocycles. The number of amides is 1. The Morgan fingerprint density at radius 1 is 1.37 bits per heavy atom. The van der Waals surface area contributed by atoms with E-state index >= 15 is 0 Å². The maximum Gasteiger partial charge on any atom is 0.224 e. The SMILES string of the molecule is CSCC(C)N(C)C(CN)CC(=O)N1CCCCC1. The summed E-state index contributed by atoms with van der Waals surface area (Å²) >= 11 is 1.84. The second kappa shape index (κ2) is 8.82. The molecule has 0 bridgehead atoms.